The van der Waals surface area contributed by atoms with Crippen LogP contribution in [0.5, 0.6) is 0 Å². The lowest BCUT2D eigenvalue weighted by atomic mass is 10.0. The molecule has 0 aliphatic heterocycles. The molecule has 0 amide bonds. The highest BCUT2D eigenvalue weighted by Gasteiger charge is 2.05. The second-order valence-electron chi connectivity index (χ2n) is 5.44. The molecule has 0 saturated carbocycles. The molecule has 0 rings (SSSR count). The van der Waals surface area contributed by atoms with Gasteiger partial charge in [-0.3, -0.25) is 4.79 Å². The minimum Gasteiger partial charge on any atom is -0.306 e. The van der Waals surface area contributed by atoms with Crippen LogP contribution in [0, 0.1) is 5.92 Å². The summed E-state index contributed by atoms with van der Waals surface area (Å²) in [5.74, 6) is 0.644. The van der Waals surface area contributed by atoms with Gasteiger partial charge in [0.15, 0.2) is 0 Å². The third-order valence-electron chi connectivity index (χ3n) is 3.21. The van der Waals surface area contributed by atoms with Gasteiger partial charge >= 0.3 is 0 Å². The average Bonchev–Trinajstić information content (AvgIpc) is 2.27. The Morgan fingerprint density at radius 2 is 1.59 bits per heavy atom. The van der Waals surface area contributed by atoms with E-state index < -0.39 is 0 Å². The highest BCUT2D eigenvalue weighted by atomic mass is 16.1. The minimum atomic E-state index is 0.220. The van der Waals surface area contributed by atoms with Crippen LogP contribution in [0.15, 0.2) is 0 Å². The molecule has 0 aliphatic rings. The standard InChI is InChI=1S/C15H31NO/c1-5-12-16(4)13-10-8-6-7-9-11-15(17)14(2)3/h14H,5-13H2,1-4H3. The maximum Gasteiger partial charge on any atom is 0.135 e. The average molecular weight is 241 g/mol. The fourth-order valence-electron chi connectivity index (χ4n) is 1.99. The van der Waals surface area contributed by atoms with E-state index in [-0.39, 0.29) is 5.92 Å². The maximum atomic E-state index is 11.4. The molecule has 0 atom stereocenters. The van der Waals surface area contributed by atoms with Crippen molar-refractivity contribution in [3.63, 3.8) is 0 Å². The smallest absolute Gasteiger partial charge is 0.135 e. The van der Waals surface area contributed by atoms with Crippen LogP contribution in [0.4, 0.5) is 0 Å². The van der Waals surface area contributed by atoms with E-state index in [2.05, 4.69) is 18.9 Å². The first-order valence-corrected chi connectivity index (χ1v) is 7.29. The summed E-state index contributed by atoms with van der Waals surface area (Å²) in [5, 5.41) is 0. The molecule has 102 valence electrons. The largest absolute Gasteiger partial charge is 0.306 e. The molecule has 0 radical (unpaired) electrons. The van der Waals surface area contributed by atoms with Crippen LogP contribution >= 0.6 is 0 Å². The van der Waals surface area contributed by atoms with E-state index >= 15 is 0 Å². The zero-order valence-electron chi connectivity index (χ0n) is 12.3. The number of Topliss-reactive ketones (excluding diaryl/α,β-unsaturated/α-hetero) is 1. The topological polar surface area (TPSA) is 20.3 Å². The van der Waals surface area contributed by atoms with Gasteiger partial charge in [-0.2, -0.15) is 0 Å². The molecular formula is C15H31NO. The molecule has 0 saturated heterocycles. The van der Waals surface area contributed by atoms with E-state index in [4.69, 9.17) is 0 Å². The van der Waals surface area contributed by atoms with E-state index in [0.29, 0.717) is 5.78 Å². The van der Waals surface area contributed by atoms with Gasteiger partial charge in [0.25, 0.3) is 0 Å². The van der Waals surface area contributed by atoms with E-state index in [9.17, 15) is 4.79 Å². The molecule has 0 N–H and O–H groups in total. The summed E-state index contributed by atoms with van der Waals surface area (Å²) in [4.78, 5) is 13.8. The third-order valence-corrected chi connectivity index (χ3v) is 3.21. The van der Waals surface area contributed by atoms with Gasteiger partial charge in [0.2, 0.25) is 0 Å². The van der Waals surface area contributed by atoms with Crippen molar-refractivity contribution in [2.75, 3.05) is 20.1 Å². The van der Waals surface area contributed by atoms with Crippen molar-refractivity contribution in [2.45, 2.75) is 65.7 Å². The van der Waals surface area contributed by atoms with E-state index in [1.165, 1.54) is 45.2 Å². The summed E-state index contributed by atoms with van der Waals surface area (Å²) >= 11 is 0. The number of hydrogen-bond donors (Lipinski definition) is 0. The predicted octanol–water partition coefficient (Wildman–Crippen LogP) is 3.89. The van der Waals surface area contributed by atoms with Gasteiger partial charge in [0, 0.05) is 12.3 Å². The highest BCUT2D eigenvalue weighted by Crippen LogP contribution is 2.09. The zero-order valence-corrected chi connectivity index (χ0v) is 12.3. The Hall–Kier alpha value is -0.370. The van der Waals surface area contributed by atoms with Crippen molar-refractivity contribution in [2.24, 2.45) is 5.92 Å². The Bertz CT molecular complexity index is 189. The molecule has 0 spiro atoms. The molecule has 0 aliphatic carbocycles. The maximum absolute atomic E-state index is 11.4. The second kappa shape index (κ2) is 10.8. The van der Waals surface area contributed by atoms with E-state index in [1.54, 1.807) is 0 Å². The summed E-state index contributed by atoms with van der Waals surface area (Å²) in [6, 6.07) is 0. The lowest BCUT2D eigenvalue weighted by molar-refractivity contribution is -0.122. The van der Waals surface area contributed by atoms with Gasteiger partial charge in [0.1, 0.15) is 5.78 Å². The van der Waals surface area contributed by atoms with Crippen LogP contribution in [0.1, 0.15) is 65.7 Å². The zero-order chi connectivity index (χ0) is 13.1. The van der Waals surface area contributed by atoms with Crippen LogP contribution in [0.2, 0.25) is 0 Å². The number of nitrogens with zero attached hydrogens (tertiary/aromatic N) is 1. The van der Waals surface area contributed by atoms with Gasteiger partial charge in [-0.1, -0.05) is 40.0 Å². The molecule has 0 aromatic heterocycles. The Morgan fingerprint density at radius 1 is 1.00 bits per heavy atom. The molecule has 17 heavy (non-hydrogen) atoms. The van der Waals surface area contributed by atoms with Gasteiger partial charge < -0.3 is 4.90 Å². The predicted molar refractivity (Wildman–Crippen MR) is 75.3 cm³/mol. The first-order chi connectivity index (χ1) is 8.07. The monoisotopic (exact) mass is 241 g/mol. The van der Waals surface area contributed by atoms with Gasteiger partial charge in [-0.05, 0) is 39.4 Å². The normalized spacial score (nSPS) is 11.4. The quantitative estimate of drug-likeness (QED) is 0.511. The summed E-state index contributed by atoms with van der Waals surface area (Å²) in [6.45, 7) is 8.64. The van der Waals surface area contributed by atoms with Crippen molar-refractivity contribution < 1.29 is 4.79 Å². The Balaban J connectivity index is 3.21. The summed E-state index contributed by atoms with van der Waals surface area (Å²) in [6.07, 6.45) is 8.23. The van der Waals surface area contributed by atoms with Crippen LogP contribution in [-0.2, 0) is 4.79 Å². The molecule has 0 heterocycles. The van der Waals surface area contributed by atoms with Crippen LogP contribution in [0.25, 0.3) is 0 Å². The van der Waals surface area contributed by atoms with E-state index in [1.807, 2.05) is 13.8 Å². The van der Waals surface area contributed by atoms with Crippen molar-refractivity contribution in [3.8, 4) is 0 Å². The van der Waals surface area contributed by atoms with Gasteiger partial charge in [0.05, 0.1) is 0 Å². The Morgan fingerprint density at radius 3 is 2.18 bits per heavy atom. The Labute approximate surface area is 108 Å². The molecule has 2 heteroatoms. The van der Waals surface area contributed by atoms with Crippen LogP contribution in [-0.4, -0.2) is 30.8 Å². The van der Waals surface area contributed by atoms with Gasteiger partial charge in [-0.25, -0.2) is 0 Å². The third kappa shape index (κ3) is 10.5. The fraction of sp³-hybridized carbons (Fsp3) is 0.933. The van der Waals surface area contributed by atoms with Crippen LogP contribution < -0.4 is 0 Å². The fourth-order valence-corrected chi connectivity index (χ4v) is 1.99. The van der Waals surface area contributed by atoms with Crippen molar-refractivity contribution in [1.29, 1.82) is 0 Å². The van der Waals surface area contributed by atoms with Gasteiger partial charge in [-0.15, -0.1) is 0 Å². The molecule has 0 bridgehead atoms. The number of carbonyl (C=O) groups excluding carboxylic acids is 1. The summed E-state index contributed by atoms with van der Waals surface area (Å²) < 4.78 is 0. The number of ketones is 1. The lowest BCUT2D eigenvalue weighted by Crippen LogP contribution is -2.20. The lowest BCUT2D eigenvalue weighted by Gasteiger charge is -2.14. The second-order valence-corrected chi connectivity index (χ2v) is 5.44. The van der Waals surface area contributed by atoms with E-state index in [0.717, 1.165) is 12.8 Å². The molecule has 0 aromatic carbocycles. The molecular weight excluding hydrogens is 210 g/mol. The SMILES string of the molecule is CCCN(C)CCCCCCCC(=O)C(C)C. The number of hydrogen-bond acceptors (Lipinski definition) is 2. The van der Waals surface area contributed by atoms with Crippen molar-refractivity contribution in [3.05, 3.63) is 0 Å². The van der Waals surface area contributed by atoms with Crippen molar-refractivity contribution in [1.82, 2.24) is 4.90 Å². The molecule has 0 aromatic rings. The Kier molecular flexibility index (Phi) is 10.5. The molecule has 0 fully saturated rings. The number of unbranched alkanes of at least 4 members (excludes halogenated alkanes) is 4. The molecule has 2 nitrogen and oxygen atoms in total. The summed E-state index contributed by atoms with van der Waals surface area (Å²) in [7, 11) is 2.20. The minimum absolute atomic E-state index is 0.220. The highest BCUT2D eigenvalue weighted by molar-refractivity contribution is 5.80. The number of rotatable bonds is 11. The first kappa shape index (κ1) is 16.6. The first-order valence-electron chi connectivity index (χ1n) is 7.29. The molecule has 0 unspecified atom stereocenters. The summed E-state index contributed by atoms with van der Waals surface area (Å²) in [5.41, 5.74) is 0. The van der Waals surface area contributed by atoms with Crippen LogP contribution in [0.3, 0.4) is 0 Å². The number of carbonyl (C=O) groups is 1. The van der Waals surface area contributed by atoms with Crippen molar-refractivity contribution >= 4 is 5.78 Å².